The second-order valence-electron chi connectivity index (χ2n) is 7.09. The summed E-state index contributed by atoms with van der Waals surface area (Å²) in [6.45, 7) is 5.68. The molecule has 0 unspecified atom stereocenters. The maximum atomic E-state index is 12.9. The van der Waals surface area contributed by atoms with E-state index in [4.69, 9.17) is 0 Å². The Morgan fingerprint density at radius 3 is 1.92 bits per heavy atom. The van der Waals surface area contributed by atoms with Crippen molar-refractivity contribution in [1.82, 2.24) is 0 Å². The SMILES string of the molecule is Cc1ccc([C@@H](CC(=O)C(C)C)C2C(=O)c3ccccc3C2=O)cc1. The lowest BCUT2D eigenvalue weighted by Crippen LogP contribution is -2.27. The highest BCUT2D eigenvalue weighted by atomic mass is 16.2. The average Bonchev–Trinajstić information content (AvgIpc) is 2.85. The van der Waals surface area contributed by atoms with E-state index in [1.807, 2.05) is 45.0 Å². The molecule has 3 rings (SSSR count). The first-order valence-corrected chi connectivity index (χ1v) is 8.67. The summed E-state index contributed by atoms with van der Waals surface area (Å²) in [7, 11) is 0. The lowest BCUT2D eigenvalue weighted by Gasteiger charge is -2.22. The van der Waals surface area contributed by atoms with Gasteiger partial charge in [-0.15, -0.1) is 0 Å². The average molecular weight is 334 g/mol. The lowest BCUT2D eigenvalue weighted by molar-refractivity contribution is -0.122. The van der Waals surface area contributed by atoms with Crippen molar-refractivity contribution in [2.45, 2.75) is 33.1 Å². The zero-order valence-electron chi connectivity index (χ0n) is 14.8. The molecule has 2 aromatic rings. The molecule has 1 aliphatic carbocycles. The minimum atomic E-state index is -0.803. The van der Waals surface area contributed by atoms with Crippen LogP contribution >= 0.6 is 0 Å². The van der Waals surface area contributed by atoms with Crippen LogP contribution in [0.1, 0.15) is 58.0 Å². The molecule has 3 heteroatoms. The van der Waals surface area contributed by atoms with E-state index >= 15 is 0 Å². The van der Waals surface area contributed by atoms with Crippen molar-refractivity contribution in [1.29, 1.82) is 0 Å². The highest BCUT2D eigenvalue weighted by molar-refractivity contribution is 6.27. The van der Waals surface area contributed by atoms with Crippen LogP contribution in [0.5, 0.6) is 0 Å². The number of hydrogen-bond donors (Lipinski definition) is 0. The third-order valence-corrected chi connectivity index (χ3v) is 5.00. The number of ketones is 3. The topological polar surface area (TPSA) is 51.2 Å². The van der Waals surface area contributed by atoms with E-state index in [1.165, 1.54) is 0 Å². The predicted octanol–water partition coefficient (Wildman–Crippen LogP) is 4.39. The van der Waals surface area contributed by atoms with Gasteiger partial charge in [0.25, 0.3) is 0 Å². The summed E-state index contributed by atoms with van der Waals surface area (Å²) >= 11 is 0. The number of Topliss-reactive ketones (excluding diaryl/α,β-unsaturated/α-hetero) is 3. The molecule has 0 bridgehead atoms. The van der Waals surface area contributed by atoms with E-state index in [-0.39, 0.29) is 29.7 Å². The Morgan fingerprint density at radius 2 is 1.44 bits per heavy atom. The molecule has 1 atom stereocenters. The van der Waals surface area contributed by atoms with E-state index in [1.54, 1.807) is 24.3 Å². The first-order valence-electron chi connectivity index (χ1n) is 8.67. The molecular formula is C22H22O3. The molecule has 3 nitrogen and oxygen atoms in total. The summed E-state index contributed by atoms with van der Waals surface area (Å²) < 4.78 is 0. The van der Waals surface area contributed by atoms with E-state index < -0.39 is 11.8 Å². The van der Waals surface area contributed by atoms with Crippen molar-refractivity contribution in [2.75, 3.05) is 0 Å². The van der Waals surface area contributed by atoms with Crippen LogP contribution in [-0.4, -0.2) is 17.3 Å². The number of carbonyl (C=O) groups is 3. The molecule has 0 aromatic heterocycles. The lowest BCUT2D eigenvalue weighted by atomic mass is 9.78. The molecule has 0 radical (unpaired) electrons. The molecule has 0 saturated heterocycles. The number of rotatable bonds is 5. The first-order chi connectivity index (χ1) is 11.9. The van der Waals surface area contributed by atoms with E-state index in [0.717, 1.165) is 11.1 Å². The first kappa shape index (κ1) is 17.3. The molecule has 0 aliphatic heterocycles. The summed E-state index contributed by atoms with van der Waals surface area (Å²) in [5.41, 5.74) is 2.93. The largest absolute Gasteiger partial charge is 0.299 e. The van der Waals surface area contributed by atoms with Gasteiger partial charge in [0.2, 0.25) is 0 Å². The summed E-state index contributed by atoms with van der Waals surface area (Å²) in [4.78, 5) is 38.2. The van der Waals surface area contributed by atoms with Crippen LogP contribution in [0.3, 0.4) is 0 Å². The molecule has 25 heavy (non-hydrogen) atoms. The molecule has 0 N–H and O–H groups in total. The fraction of sp³-hybridized carbons (Fsp3) is 0.318. The van der Waals surface area contributed by atoms with E-state index in [2.05, 4.69) is 0 Å². The van der Waals surface area contributed by atoms with Gasteiger partial charge >= 0.3 is 0 Å². The maximum absolute atomic E-state index is 12.9. The van der Waals surface area contributed by atoms with Crippen molar-refractivity contribution < 1.29 is 14.4 Å². The van der Waals surface area contributed by atoms with Gasteiger partial charge in [0.1, 0.15) is 5.78 Å². The van der Waals surface area contributed by atoms with Crippen LogP contribution in [0.4, 0.5) is 0 Å². The monoisotopic (exact) mass is 334 g/mol. The summed E-state index contributed by atoms with van der Waals surface area (Å²) in [5, 5.41) is 0. The molecule has 128 valence electrons. The summed E-state index contributed by atoms with van der Waals surface area (Å²) in [6.07, 6.45) is 0.205. The van der Waals surface area contributed by atoms with Gasteiger partial charge in [-0.1, -0.05) is 67.9 Å². The molecule has 0 saturated carbocycles. The zero-order valence-corrected chi connectivity index (χ0v) is 14.8. The van der Waals surface area contributed by atoms with Crippen LogP contribution in [0.2, 0.25) is 0 Å². The van der Waals surface area contributed by atoms with Crippen molar-refractivity contribution in [2.24, 2.45) is 11.8 Å². The van der Waals surface area contributed by atoms with Crippen LogP contribution in [-0.2, 0) is 4.79 Å². The maximum Gasteiger partial charge on any atom is 0.175 e. The molecule has 0 fully saturated rings. The fourth-order valence-electron chi connectivity index (χ4n) is 3.43. The van der Waals surface area contributed by atoms with Crippen molar-refractivity contribution in [3.05, 3.63) is 70.8 Å². The highest BCUT2D eigenvalue weighted by Crippen LogP contribution is 2.39. The van der Waals surface area contributed by atoms with Crippen LogP contribution in [0.15, 0.2) is 48.5 Å². The van der Waals surface area contributed by atoms with Gasteiger partial charge < -0.3 is 0 Å². The zero-order chi connectivity index (χ0) is 18.1. The smallest absolute Gasteiger partial charge is 0.175 e. The Hall–Kier alpha value is -2.55. The summed E-state index contributed by atoms with van der Waals surface area (Å²) in [6, 6.07) is 14.7. The molecule has 1 aliphatic rings. The predicted molar refractivity (Wildman–Crippen MR) is 97.0 cm³/mol. The second-order valence-corrected chi connectivity index (χ2v) is 7.09. The van der Waals surface area contributed by atoms with Gasteiger partial charge in [-0.3, -0.25) is 14.4 Å². The second kappa shape index (κ2) is 6.75. The van der Waals surface area contributed by atoms with E-state index in [9.17, 15) is 14.4 Å². The molecule has 0 spiro atoms. The number of hydrogen-bond acceptors (Lipinski definition) is 3. The Labute approximate surface area is 148 Å². The van der Waals surface area contributed by atoms with Crippen LogP contribution in [0.25, 0.3) is 0 Å². The number of aryl methyl sites for hydroxylation is 1. The third-order valence-electron chi connectivity index (χ3n) is 5.00. The van der Waals surface area contributed by atoms with Crippen molar-refractivity contribution in [3.8, 4) is 0 Å². The van der Waals surface area contributed by atoms with Crippen LogP contribution < -0.4 is 0 Å². The van der Waals surface area contributed by atoms with Gasteiger partial charge in [-0.2, -0.15) is 0 Å². The third kappa shape index (κ3) is 3.19. The number of carbonyl (C=O) groups excluding carboxylic acids is 3. The molecule has 0 amide bonds. The number of fused-ring (bicyclic) bond motifs is 1. The Morgan fingerprint density at radius 1 is 0.920 bits per heavy atom. The van der Waals surface area contributed by atoms with Gasteiger partial charge in [0, 0.05) is 29.4 Å². The van der Waals surface area contributed by atoms with Gasteiger partial charge in [0.15, 0.2) is 11.6 Å². The Balaban J connectivity index is 2.03. The van der Waals surface area contributed by atoms with Gasteiger partial charge in [-0.05, 0) is 12.5 Å². The standard InChI is InChI=1S/C22H22O3/c1-13(2)19(23)12-18(15-10-8-14(3)9-11-15)20-21(24)16-6-4-5-7-17(16)22(20)25/h4-11,13,18,20H,12H2,1-3H3/t18-/m1/s1. The van der Waals surface area contributed by atoms with E-state index in [0.29, 0.717) is 11.1 Å². The fourth-order valence-corrected chi connectivity index (χ4v) is 3.43. The minimum Gasteiger partial charge on any atom is -0.299 e. The van der Waals surface area contributed by atoms with Crippen molar-refractivity contribution in [3.63, 3.8) is 0 Å². The quantitative estimate of drug-likeness (QED) is 0.762. The number of benzene rings is 2. The van der Waals surface area contributed by atoms with Gasteiger partial charge in [0.05, 0.1) is 5.92 Å². The van der Waals surface area contributed by atoms with Crippen molar-refractivity contribution >= 4 is 17.3 Å². The highest BCUT2D eigenvalue weighted by Gasteiger charge is 2.44. The van der Waals surface area contributed by atoms with Gasteiger partial charge in [-0.25, -0.2) is 0 Å². The Kier molecular flexibility index (Phi) is 4.67. The summed E-state index contributed by atoms with van der Waals surface area (Å²) in [5.74, 6) is -1.60. The minimum absolute atomic E-state index is 0.0714. The molecule has 0 heterocycles. The molecular weight excluding hydrogens is 312 g/mol. The van der Waals surface area contributed by atoms with Crippen LogP contribution in [0, 0.1) is 18.8 Å². The normalized spacial score (nSPS) is 15.5. The molecule has 2 aromatic carbocycles. The Bertz CT molecular complexity index is 796.